The third-order valence-electron chi connectivity index (χ3n) is 6.26. The van der Waals surface area contributed by atoms with Crippen LogP contribution < -0.4 is 26.3 Å². The molecule has 146 valence electrons. The van der Waals surface area contributed by atoms with E-state index in [1.54, 1.807) is 0 Å². The number of aryl methyl sites for hydroxylation is 1. The number of imidazole rings is 1. The number of hydrogen-bond donors (Lipinski definition) is 0. The summed E-state index contributed by atoms with van der Waals surface area (Å²) in [6.45, 7) is 1.72. The van der Waals surface area contributed by atoms with E-state index >= 15 is 0 Å². The second-order valence-electron chi connectivity index (χ2n) is 7.94. The van der Waals surface area contributed by atoms with Crippen LogP contribution in [0, 0.1) is 0 Å². The quantitative estimate of drug-likeness (QED) is 0.435. The molecule has 0 amide bonds. The van der Waals surface area contributed by atoms with E-state index in [0.717, 1.165) is 38.2 Å². The van der Waals surface area contributed by atoms with E-state index in [1.807, 2.05) is 0 Å². The Morgan fingerprint density at radius 3 is 2.66 bits per heavy atom. The summed E-state index contributed by atoms with van der Waals surface area (Å²) in [6.07, 6.45) is 5.67. The number of halogens is 1. The maximum absolute atomic E-state index is 5.87. The lowest BCUT2D eigenvalue weighted by molar-refractivity contribution is -0.663. The molecule has 0 bridgehead atoms. The third kappa shape index (κ3) is 3.06. The molecule has 29 heavy (non-hydrogen) atoms. The van der Waals surface area contributed by atoms with Crippen molar-refractivity contribution >= 4 is 11.0 Å². The summed E-state index contributed by atoms with van der Waals surface area (Å²) in [4.78, 5) is 0. The minimum Gasteiger partial charge on any atom is -1.00 e. The Bertz CT molecular complexity index is 1180. The molecule has 4 heteroatoms. The number of para-hydroxylation sites is 2. The van der Waals surface area contributed by atoms with E-state index in [2.05, 4.69) is 82.2 Å². The molecule has 1 unspecified atom stereocenters. The van der Waals surface area contributed by atoms with Gasteiger partial charge in [0.25, 0.3) is 0 Å². The molecule has 0 fully saturated rings. The Labute approximate surface area is 181 Å². The smallest absolute Gasteiger partial charge is 0.245 e. The van der Waals surface area contributed by atoms with Gasteiger partial charge in [-0.15, -0.1) is 0 Å². The molecule has 0 saturated heterocycles. The van der Waals surface area contributed by atoms with Gasteiger partial charge in [-0.3, -0.25) is 0 Å². The SMILES string of the molecule is [Br-].c1ccc(C[n+]2cn(C3CCc4cc5c(cc43)OCC5)c3ccccc32)cc1. The first-order valence-corrected chi connectivity index (χ1v) is 10.2. The minimum atomic E-state index is 0. The van der Waals surface area contributed by atoms with Gasteiger partial charge in [0, 0.05) is 12.0 Å². The zero-order chi connectivity index (χ0) is 18.5. The first kappa shape index (κ1) is 18.4. The summed E-state index contributed by atoms with van der Waals surface area (Å²) in [5.74, 6) is 1.10. The Kier molecular flexibility index (Phi) is 4.67. The van der Waals surface area contributed by atoms with Crippen LogP contribution in [0.1, 0.15) is 34.7 Å². The molecule has 1 atom stereocenters. The average molecular weight is 447 g/mol. The second kappa shape index (κ2) is 7.34. The molecule has 1 aliphatic heterocycles. The van der Waals surface area contributed by atoms with Crippen LogP contribution in [-0.2, 0) is 19.4 Å². The van der Waals surface area contributed by atoms with Crippen LogP contribution in [0.4, 0.5) is 0 Å². The molecule has 0 spiro atoms. The highest BCUT2D eigenvalue weighted by atomic mass is 79.9. The molecule has 6 rings (SSSR count). The van der Waals surface area contributed by atoms with Crippen molar-refractivity contribution in [1.82, 2.24) is 4.57 Å². The molecule has 2 heterocycles. The van der Waals surface area contributed by atoms with Gasteiger partial charge in [0.15, 0.2) is 11.0 Å². The Balaban J connectivity index is 0.00000181. The fraction of sp³-hybridized carbons (Fsp3) is 0.240. The number of hydrogen-bond acceptors (Lipinski definition) is 1. The molecular weight excluding hydrogens is 424 g/mol. The number of nitrogens with zero attached hydrogens (tertiary/aromatic N) is 2. The summed E-state index contributed by atoms with van der Waals surface area (Å²) in [6, 6.07) is 24.5. The van der Waals surface area contributed by atoms with Gasteiger partial charge in [0.2, 0.25) is 6.33 Å². The molecule has 3 nitrogen and oxygen atoms in total. The standard InChI is InChI=1S/C25H23N2O.BrH/c1-2-6-18(7-3-1)16-26-17-27(24-9-5-4-8-23(24)26)22-11-10-19-14-20-12-13-28-25(20)15-21(19)22;/h1-9,14-15,17,22H,10-13,16H2;1H/q+1;/p-1. The van der Waals surface area contributed by atoms with Crippen molar-refractivity contribution < 1.29 is 26.3 Å². The maximum Gasteiger partial charge on any atom is 0.245 e. The van der Waals surface area contributed by atoms with E-state index in [-0.39, 0.29) is 17.0 Å². The van der Waals surface area contributed by atoms with Crippen molar-refractivity contribution in [3.63, 3.8) is 0 Å². The number of ether oxygens (including phenoxy) is 1. The molecular formula is C25H23BrN2O. The Morgan fingerprint density at radius 1 is 0.931 bits per heavy atom. The number of benzene rings is 3. The molecule has 3 aromatic carbocycles. The highest BCUT2D eigenvalue weighted by Crippen LogP contribution is 2.40. The van der Waals surface area contributed by atoms with Gasteiger partial charge >= 0.3 is 0 Å². The van der Waals surface area contributed by atoms with Crippen LogP contribution in [0.2, 0.25) is 0 Å². The predicted octanol–water partition coefficient (Wildman–Crippen LogP) is 1.45. The predicted molar refractivity (Wildman–Crippen MR) is 110 cm³/mol. The highest BCUT2D eigenvalue weighted by molar-refractivity contribution is 5.72. The molecule has 2 aliphatic rings. The first-order chi connectivity index (χ1) is 13.9. The van der Waals surface area contributed by atoms with Gasteiger partial charge in [-0.1, -0.05) is 48.5 Å². The van der Waals surface area contributed by atoms with Gasteiger partial charge in [0.1, 0.15) is 18.3 Å². The van der Waals surface area contributed by atoms with Gasteiger partial charge in [-0.2, -0.15) is 0 Å². The third-order valence-corrected chi connectivity index (χ3v) is 6.26. The Hall–Kier alpha value is -2.59. The number of rotatable bonds is 3. The maximum atomic E-state index is 5.87. The molecule has 0 radical (unpaired) electrons. The summed E-state index contributed by atoms with van der Waals surface area (Å²) >= 11 is 0. The van der Waals surface area contributed by atoms with Crippen molar-refractivity contribution in [3.8, 4) is 5.75 Å². The van der Waals surface area contributed by atoms with Gasteiger partial charge in [-0.25, -0.2) is 9.13 Å². The monoisotopic (exact) mass is 446 g/mol. The van der Waals surface area contributed by atoms with E-state index < -0.39 is 0 Å². The lowest BCUT2D eigenvalue weighted by Crippen LogP contribution is -3.00. The zero-order valence-electron chi connectivity index (χ0n) is 16.2. The van der Waals surface area contributed by atoms with Crippen LogP contribution in [0.15, 0.2) is 73.1 Å². The van der Waals surface area contributed by atoms with Crippen LogP contribution in [-0.4, -0.2) is 11.2 Å². The first-order valence-electron chi connectivity index (χ1n) is 10.2. The molecule has 4 aromatic rings. The largest absolute Gasteiger partial charge is 1.00 e. The molecule has 0 N–H and O–H groups in total. The number of aromatic nitrogens is 2. The highest BCUT2D eigenvalue weighted by Gasteiger charge is 2.32. The summed E-state index contributed by atoms with van der Waals surface area (Å²) in [7, 11) is 0. The van der Waals surface area contributed by atoms with Crippen LogP contribution in [0.25, 0.3) is 11.0 Å². The van der Waals surface area contributed by atoms with Gasteiger partial charge < -0.3 is 21.7 Å². The van der Waals surface area contributed by atoms with Crippen molar-refractivity contribution in [2.75, 3.05) is 6.61 Å². The lowest BCUT2D eigenvalue weighted by atomic mass is 10.0. The van der Waals surface area contributed by atoms with Gasteiger partial charge in [0.05, 0.1) is 6.61 Å². The summed E-state index contributed by atoms with van der Waals surface area (Å²) < 4.78 is 10.7. The average Bonchev–Trinajstić information content (AvgIpc) is 3.44. The lowest BCUT2D eigenvalue weighted by Gasteiger charge is -2.10. The topological polar surface area (TPSA) is 18.0 Å². The zero-order valence-corrected chi connectivity index (χ0v) is 17.8. The Morgan fingerprint density at radius 2 is 1.76 bits per heavy atom. The summed E-state index contributed by atoms with van der Waals surface area (Å²) in [5, 5.41) is 0. The van der Waals surface area contributed by atoms with Crippen molar-refractivity contribution in [1.29, 1.82) is 0 Å². The van der Waals surface area contributed by atoms with E-state index in [0.29, 0.717) is 6.04 Å². The fourth-order valence-corrected chi connectivity index (χ4v) is 4.91. The van der Waals surface area contributed by atoms with Crippen molar-refractivity contribution in [2.45, 2.75) is 31.8 Å². The number of fused-ring (bicyclic) bond motifs is 3. The normalized spacial score (nSPS) is 16.9. The van der Waals surface area contributed by atoms with Gasteiger partial charge in [-0.05, 0) is 47.7 Å². The minimum absolute atomic E-state index is 0. The van der Waals surface area contributed by atoms with Crippen molar-refractivity contribution in [2.24, 2.45) is 0 Å². The van der Waals surface area contributed by atoms with Crippen LogP contribution in [0.3, 0.4) is 0 Å². The van der Waals surface area contributed by atoms with E-state index in [1.165, 1.54) is 33.3 Å². The van der Waals surface area contributed by atoms with E-state index in [4.69, 9.17) is 4.74 Å². The molecule has 0 saturated carbocycles. The summed E-state index contributed by atoms with van der Waals surface area (Å²) in [5.41, 5.74) is 8.24. The molecule has 1 aliphatic carbocycles. The molecule has 1 aromatic heterocycles. The second-order valence-corrected chi connectivity index (χ2v) is 7.94. The van der Waals surface area contributed by atoms with E-state index in [9.17, 15) is 0 Å². The van der Waals surface area contributed by atoms with Crippen molar-refractivity contribution in [3.05, 3.63) is 95.3 Å². The fourth-order valence-electron chi connectivity index (χ4n) is 4.91. The van der Waals surface area contributed by atoms with Crippen LogP contribution in [0.5, 0.6) is 5.75 Å². The van der Waals surface area contributed by atoms with Crippen LogP contribution >= 0.6 is 0 Å².